The van der Waals surface area contributed by atoms with Gasteiger partial charge in [-0.3, -0.25) is 0 Å². The molecule has 0 bridgehead atoms. The number of hydrogen-bond acceptors (Lipinski definition) is 3. The van der Waals surface area contributed by atoms with Gasteiger partial charge in [0.25, 0.3) is 5.88 Å². The Morgan fingerprint density at radius 1 is 1.12 bits per heavy atom. The molecular formula is C13H11FN2O. The highest BCUT2D eigenvalue weighted by Gasteiger charge is 1.99. The lowest BCUT2D eigenvalue weighted by molar-refractivity contribution is 0.321. The summed E-state index contributed by atoms with van der Waals surface area (Å²) in [4.78, 5) is 8.58. The summed E-state index contributed by atoms with van der Waals surface area (Å²) in [7, 11) is 0. The third-order valence-electron chi connectivity index (χ3n) is 2.16. The first-order chi connectivity index (χ1) is 8.25. The van der Waals surface area contributed by atoms with Gasteiger partial charge in [0.05, 0.1) is 5.71 Å². The summed E-state index contributed by atoms with van der Waals surface area (Å²) in [5, 5.41) is 3.89. The molecule has 86 valence electrons. The molecule has 2 rings (SSSR count). The van der Waals surface area contributed by atoms with Crippen molar-refractivity contribution in [1.82, 2.24) is 4.98 Å². The third kappa shape index (κ3) is 3.11. The predicted molar refractivity (Wildman–Crippen MR) is 63.5 cm³/mol. The molecule has 2 aromatic rings. The van der Waals surface area contributed by atoms with Gasteiger partial charge in [0, 0.05) is 6.07 Å². The first-order valence-electron chi connectivity index (χ1n) is 5.15. The van der Waals surface area contributed by atoms with Crippen LogP contribution in [0.3, 0.4) is 0 Å². The first kappa shape index (κ1) is 11.3. The van der Waals surface area contributed by atoms with Gasteiger partial charge in [-0.15, -0.1) is 0 Å². The first-order valence-corrected chi connectivity index (χ1v) is 5.15. The largest absolute Gasteiger partial charge is 0.336 e. The van der Waals surface area contributed by atoms with Crippen LogP contribution >= 0.6 is 0 Å². The molecule has 1 aromatic heterocycles. The average molecular weight is 230 g/mol. The summed E-state index contributed by atoms with van der Waals surface area (Å²) < 4.78 is 12.8. The third-order valence-corrected chi connectivity index (χ3v) is 2.16. The number of pyridine rings is 1. The van der Waals surface area contributed by atoms with Crippen LogP contribution in [-0.2, 0) is 0 Å². The molecule has 0 fully saturated rings. The van der Waals surface area contributed by atoms with E-state index in [0.29, 0.717) is 5.71 Å². The molecule has 0 aliphatic rings. The molecule has 0 aliphatic carbocycles. The van der Waals surface area contributed by atoms with E-state index < -0.39 is 5.95 Å². The summed E-state index contributed by atoms with van der Waals surface area (Å²) in [5.74, 6) is -0.449. The number of rotatable bonds is 3. The molecule has 0 aliphatic heterocycles. The van der Waals surface area contributed by atoms with E-state index in [1.165, 1.54) is 12.1 Å². The van der Waals surface area contributed by atoms with E-state index in [-0.39, 0.29) is 5.88 Å². The molecule has 1 heterocycles. The Morgan fingerprint density at radius 3 is 2.59 bits per heavy atom. The van der Waals surface area contributed by atoms with E-state index in [1.54, 1.807) is 6.07 Å². The minimum atomic E-state index is -0.588. The molecule has 3 nitrogen and oxygen atoms in total. The van der Waals surface area contributed by atoms with Gasteiger partial charge >= 0.3 is 0 Å². The molecule has 0 saturated heterocycles. The van der Waals surface area contributed by atoms with Crippen LogP contribution in [0.4, 0.5) is 4.39 Å². The van der Waals surface area contributed by atoms with Crippen LogP contribution in [0.2, 0.25) is 0 Å². The van der Waals surface area contributed by atoms with Crippen molar-refractivity contribution in [3.8, 4) is 5.88 Å². The fourth-order valence-corrected chi connectivity index (χ4v) is 1.29. The SMILES string of the molecule is C/C(=N/Oc1cccc(F)n1)c1ccccc1. The Labute approximate surface area is 98.6 Å². The number of aromatic nitrogens is 1. The molecule has 0 radical (unpaired) electrons. The highest BCUT2D eigenvalue weighted by molar-refractivity contribution is 5.98. The van der Waals surface area contributed by atoms with Crippen LogP contribution in [0.1, 0.15) is 12.5 Å². The molecule has 4 heteroatoms. The lowest BCUT2D eigenvalue weighted by Gasteiger charge is -2.00. The molecular weight excluding hydrogens is 219 g/mol. The van der Waals surface area contributed by atoms with Gasteiger partial charge in [0.15, 0.2) is 0 Å². The Kier molecular flexibility index (Phi) is 3.45. The molecule has 0 amide bonds. The second kappa shape index (κ2) is 5.21. The van der Waals surface area contributed by atoms with E-state index in [4.69, 9.17) is 4.84 Å². The summed E-state index contributed by atoms with van der Waals surface area (Å²) in [6.07, 6.45) is 0. The smallest absolute Gasteiger partial charge is 0.251 e. The van der Waals surface area contributed by atoms with E-state index in [2.05, 4.69) is 10.1 Å². The topological polar surface area (TPSA) is 34.5 Å². The van der Waals surface area contributed by atoms with Gasteiger partial charge in [-0.1, -0.05) is 41.6 Å². The van der Waals surface area contributed by atoms with Crippen molar-refractivity contribution in [1.29, 1.82) is 0 Å². The minimum Gasteiger partial charge on any atom is -0.336 e. The quantitative estimate of drug-likeness (QED) is 0.461. The van der Waals surface area contributed by atoms with Crippen LogP contribution in [-0.4, -0.2) is 10.7 Å². The van der Waals surface area contributed by atoms with Crippen molar-refractivity contribution in [2.75, 3.05) is 0 Å². The maximum absolute atomic E-state index is 12.8. The molecule has 0 N–H and O–H groups in total. The number of hydrogen-bond donors (Lipinski definition) is 0. The molecule has 17 heavy (non-hydrogen) atoms. The maximum atomic E-state index is 12.8. The van der Waals surface area contributed by atoms with Crippen LogP contribution in [0.15, 0.2) is 53.7 Å². The molecule has 0 unspecified atom stereocenters. The lowest BCUT2D eigenvalue weighted by atomic mass is 10.1. The Balaban J connectivity index is 2.11. The minimum absolute atomic E-state index is 0.139. The standard InChI is InChI=1S/C13H11FN2O/c1-10(11-6-3-2-4-7-11)16-17-13-9-5-8-12(14)15-13/h2-9H,1H3/b16-10-. The summed E-state index contributed by atoms with van der Waals surface area (Å²) in [6.45, 7) is 1.81. The second-order valence-corrected chi connectivity index (χ2v) is 3.43. The van der Waals surface area contributed by atoms with Crippen molar-refractivity contribution in [2.24, 2.45) is 5.16 Å². The maximum Gasteiger partial charge on any atom is 0.251 e. The van der Waals surface area contributed by atoms with Crippen LogP contribution in [0.5, 0.6) is 5.88 Å². The lowest BCUT2D eigenvalue weighted by Crippen LogP contribution is -1.98. The van der Waals surface area contributed by atoms with Crippen molar-refractivity contribution < 1.29 is 9.23 Å². The van der Waals surface area contributed by atoms with Crippen molar-refractivity contribution in [2.45, 2.75) is 6.92 Å². The van der Waals surface area contributed by atoms with Gasteiger partial charge in [0.2, 0.25) is 5.95 Å². The number of oxime groups is 1. The van der Waals surface area contributed by atoms with E-state index in [1.807, 2.05) is 37.3 Å². The van der Waals surface area contributed by atoms with Crippen LogP contribution in [0, 0.1) is 5.95 Å². The van der Waals surface area contributed by atoms with Crippen LogP contribution < -0.4 is 4.84 Å². The van der Waals surface area contributed by atoms with Gasteiger partial charge in [-0.05, 0) is 18.6 Å². The number of halogens is 1. The summed E-state index contributed by atoms with van der Waals surface area (Å²) >= 11 is 0. The van der Waals surface area contributed by atoms with E-state index >= 15 is 0 Å². The molecule has 0 saturated carbocycles. The van der Waals surface area contributed by atoms with Crippen molar-refractivity contribution >= 4 is 5.71 Å². The zero-order valence-corrected chi connectivity index (χ0v) is 9.30. The van der Waals surface area contributed by atoms with E-state index in [0.717, 1.165) is 5.56 Å². The fourth-order valence-electron chi connectivity index (χ4n) is 1.29. The highest BCUT2D eigenvalue weighted by Crippen LogP contribution is 2.08. The van der Waals surface area contributed by atoms with Crippen LogP contribution in [0.25, 0.3) is 0 Å². The average Bonchev–Trinajstić information content (AvgIpc) is 2.37. The number of nitrogens with zero attached hydrogens (tertiary/aromatic N) is 2. The van der Waals surface area contributed by atoms with Crippen molar-refractivity contribution in [3.05, 3.63) is 60.0 Å². The zero-order valence-electron chi connectivity index (χ0n) is 9.30. The Bertz CT molecular complexity index is 526. The Morgan fingerprint density at radius 2 is 1.88 bits per heavy atom. The van der Waals surface area contributed by atoms with Crippen molar-refractivity contribution in [3.63, 3.8) is 0 Å². The molecule has 1 aromatic carbocycles. The zero-order chi connectivity index (χ0) is 12.1. The number of benzene rings is 1. The summed E-state index contributed by atoms with van der Waals surface area (Å²) in [6, 6.07) is 13.9. The fraction of sp³-hybridized carbons (Fsp3) is 0.0769. The second-order valence-electron chi connectivity index (χ2n) is 3.43. The van der Waals surface area contributed by atoms with Gasteiger partial charge in [-0.25, -0.2) is 0 Å². The molecule has 0 spiro atoms. The molecule has 0 atom stereocenters. The highest BCUT2D eigenvalue weighted by atomic mass is 19.1. The van der Waals surface area contributed by atoms with Gasteiger partial charge < -0.3 is 4.84 Å². The summed E-state index contributed by atoms with van der Waals surface area (Å²) in [5.41, 5.74) is 1.65. The van der Waals surface area contributed by atoms with Gasteiger partial charge in [0.1, 0.15) is 0 Å². The predicted octanol–water partition coefficient (Wildman–Crippen LogP) is 3.02. The monoisotopic (exact) mass is 230 g/mol. The normalized spacial score (nSPS) is 11.3. The van der Waals surface area contributed by atoms with Gasteiger partial charge in [-0.2, -0.15) is 9.37 Å². The Hall–Kier alpha value is -2.23. The van der Waals surface area contributed by atoms with E-state index in [9.17, 15) is 4.39 Å².